The average Bonchev–Trinajstić information content (AvgIpc) is 3.12. The first-order chi connectivity index (χ1) is 15.0. The molecule has 0 unspecified atom stereocenters. The van der Waals surface area contributed by atoms with Crippen LogP contribution in [0.5, 0.6) is 0 Å². The van der Waals surface area contributed by atoms with Crippen LogP contribution < -0.4 is 4.90 Å². The maximum absolute atomic E-state index is 13.8. The highest BCUT2D eigenvalue weighted by Gasteiger charge is 2.44. The molecule has 4 saturated heterocycles. The summed E-state index contributed by atoms with van der Waals surface area (Å²) in [6.07, 6.45) is 0.332. The zero-order chi connectivity index (χ0) is 21.4. The number of piperidine rings is 3. The van der Waals surface area contributed by atoms with Crippen molar-refractivity contribution in [3.8, 4) is 11.8 Å². The molecule has 6 rings (SSSR count). The summed E-state index contributed by atoms with van der Waals surface area (Å²) in [4.78, 5) is 8.87. The average molecular weight is 422 g/mol. The van der Waals surface area contributed by atoms with E-state index in [1.165, 1.54) is 0 Å². The molecule has 2 bridgehead atoms. The fourth-order valence-electron chi connectivity index (χ4n) is 4.99. The molecule has 0 radical (unpaired) electrons. The first-order valence-electron chi connectivity index (χ1n) is 11.1. The Bertz CT molecular complexity index is 987. The van der Waals surface area contributed by atoms with Crippen molar-refractivity contribution in [2.45, 2.75) is 37.1 Å². The normalized spacial score (nSPS) is 32.0. The minimum atomic E-state index is -1.26. The third kappa shape index (κ3) is 4.18. The number of nitrogens with zero attached hydrogens (tertiary/aromatic N) is 3. The molecule has 4 fully saturated rings. The van der Waals surface area contributed by atoms with Crippen molar-refractivity contribution in [1.29, 1.82) is 0 Å². The number of hydrogen-bond acceptors (Lipinski definition) is 5. The number of β-amino-alcohol motifs (C(OH)–C–C–N with tert-alkyl or cyclic N) is 1. The summed E-state index contributed by atoms with van der Waals surface area (Å²) in [6.45, 7) is 3.07. The van der Waals surface area contributed by atoms with Gasteiger partial charge in [-0.05, 0) is 43.6 Å². The lowest BCUT2D eigenvalue weighted by molar-refractivity contribution is -0.0713. The molecule has 0 amide bonds. The van der Waals surface area contributed by atoms with Crippen molar-refractivity contribution >= 4 is 5.82 Å². The zero-order valence-electron chi connectivity index (χ0n) is 17.5. The molecule has 2 N–H and O–H groups in total. The van der Waals surface area contributed by atoms with Crippen LogP contribution in [0.25, 0.3) is 0 Å². The lowest BCUT2D eigenvalue weighted by Crippen LogP contribution is -2.58. The summed E-state index contributed by atoms with van der Waals surface area (Å²) < 4.78 is 13.8. The number of hydrogen-bond donors (Lipinski definition) is 2. The Morgan fingerprint density at radius 3 is 2.52 bits per heavy atom. The van der Waals surface area contributed by atoms with E-state index in [0.717, 1.165) is 42.8 Å². The van der Waals surface area contributed by atoms with E-state index in [1.54, 1.807) is 4.90 Å². The van der Waals surface area contributed by atoms with Crippen LogP contribution in [0.15, 0.2) is 42.5 Å². The topological polar surface area (TPSA) is 59.8 Å². The van der Waals surface area contributed by atoms with Gasteiger partial charge in [0, 0.05) is 31.0 Å². The van der Waals surface area contributed by atoms with E-state index in [9.17, 15) is 14.6 Å². The van der Waals surface area contributed by atoms with E-state index in [0.29, 0.717) is 18.8 Å². The molecule has 1 aromatic heterocycles. The van der Waals surface area contributed by atoms with Crippen molar-refractivity contribution < 1.29 is 14.6 Å². The number of halogens is 1. The van der Waals surface area contributed by atoms with Crippen molar-refractivity contribution in [3.63, 3.8) is 0 Å². The van der Waals surface area contributed by atoms with Crippen molar-refractivity contribution in [3.05, 3.63) is 59.3 Å². The van der Waals surface area contributed by atoms with Crippen LogP contribution >= 0.6 is 0 Å². The van der Waals surface area contributed by atoms with Gasteiger partial charge in [-0.15, -0.1) is 0 Å². The monoisotopic (exact) mass is 421 g/mol. The Hall–Kier alpha value is -2.46. The van der Waals surface area contributed by atoms with Gasteiger partial charge in [0.05, 0.1) is 12.2 Å². The maximum atomic E-state index is 13.8. The fraction of sp³-hybridized carbons (Fsp3) is 0.480. The minimum absolute atomic E-state index is 0.140. The van der Waals surface area contributed by atoms with Gasteiger partial charge in [-0.25, -0.2) is 9.37 Å². The molecular formula is C25H28FN3O2. The van der Waals surface area contributed by atoms with E-state index in [2.05, 4.69) is 16.7 Å². The van der Waals surface area contributed by atoms with Crippen molar-refractivity contribution in [2.24, 2.45) is 5.92 Å². The number of aliphatic hydroxyl groups is 2. The first kappa shape index (κ1) is 20.4. The quantitative estimate of drug-likeness (QED) is 0.743. The molecule has 0 saturated carbocycles. The fourth-order valence-corrected chi connectivity index (χ4v) is 4.99. The van der Waals surface area contributed by atoms with Crippen LogP contribution in [0.1, 0.15) is 29.7 Å². The van der Waals surface area contributed by atoms with Gasteiger partial charge in [-0.1, -0.05) is 42.2 Å². The van der Waals surface area contributed by atoms with E-state index in [4.69, 9.17) is 4.98 Å². The van der Waals surface area contributed by atoms with Gasteiger partial charge in [0.2, 0.25) is 0 Å². The van der Waals surface area contributed by atoms with Gasteiger partial charge >= 0.3 is 0 Å². The summed E-state index contributed by atoms with van der Waals surface area (Å²) in [5.41, 5.74) is 1.73. The Morgan fingerprint density at radius 2 is 1.87 bits per heavy atom. The molecule has 1 aromatic carbocycles. The van der Waals surface area contributed by atoms with Crippen LogP contribution in [0.2, 0.25) is 0 Å². The second kappa shape index (κ2) is 8.23. The molecule has 0 spiro atoms. The smallest absolute Gasteiger partial charge is 0.145 e. The third-order valence-corrected chi connectivity index (χ3v) is 6.86. The highest BCUT2D eigenvalue weighted by molar-refractivity contribution is 5.50. The summed E-state index contributed by atoms with van der Waals surface area (Å²) in [6, 6.07) is 13.8. The van der Waals surface area contributed by atoms with Gasteiger partial charge in [0.25, 0.3) is 0 Å². The van der Waals surface area contributed by atoms with E-state index in [-0.39, 0.29) is 19.0 Å². The number of alkyl halides is 1. The number of aromatic nitrogens is 1. The highest BCUT2D eigenvalue weighted by atomic mass is 19.1. The van der Waals surface area contributed by atoms with Crippen LogP contribution in [0.3, 0.4) is 0 Å². The van der Waals surface area contributed by atoms with Gasteiger partial charge < -0.3 is 15.1 Å². The summed E-state index contributed by atoms with van der Waals surface area (Å²) >= 11 is 0. The van der Waals surface area contributed by atoms with E-state index in [1.807, 2.05) is 42.5 Å². The second-order valence-electron chi connectivity index (χ2n) is 9.04. The molecular weight excluding hydrogens is 393 g/mol. The number of anilines is 1. The summed E-state index contributed by atoms with van der Waals surface area (Å²) in [5, 5.41) is 21.0. The Balaban J connectivity index is 1.46. The molecule has 5 heterocycles. The van der Waals surface area contributed by atoms with E-state index >= 15 is 0 Å². The maximum Gasteiger partial charge on any atom is 0.145 e. The molecule has 4 aliphatic rings. The standard InChI is InChI=1S/C25H28FN3O2/c26-21-15-29(16-23(21)30)24-7-6-19(22(27-24)14-18-4-2-1-3-5-18)8-11-25(31)17-28-12-9-20(25)10-13-28/h1-7,20-21,23,30-31H,9-10,12-17H2/t21-,23+,25+/m0/s1. The highest BCUT2D eigenvalue weighted by Crippen LogP contribution is 2.35. The summed E-state index contributed by atoms with van der Waals surface area (Å²) in [7, 11) is 0. The van der Waals surface area contributed by atoms with Crippen LogP contribution in [-0.4, -0.2) is 70.7 Å². The number of fused-ring (bicyclic) bond motifs is 3. The molecule has 31 heavy (non-hydrogen) atoms. The van der Waals surface area contributed by atoms with Crippen LogP contribution in [0.4, 0.5) is 10.2 Å². The van der Waals surface area contributed by atoms with Gasteiger partial charge in [0.15, 0.2) is 0 Å². The van der Waals surface area contributed by atoms with Gasteiger partial charge in [-0.3, -0.25) is 4.90 Å². The van der Waals surface area contributed by atoms with Gasteiger partial charge in [-0.2, -0.15) is 0 Å². The number of aliphatic hydroxyl groups excluding tert-OH is 1. The molecule has 4 aliphatic heterocycles. The molecule has 0 aliphatic carbocycles. The van der Waals surface area contributed by atoms with E-state index < -0.39 is 17.9 Å². The first-order valence-corrected chi connectivity index (χ1v) is 11.1. The lowest BCUT2D eigenvalue weighted by Gasteiger charge is -2.47. The van der Waals surface area contributed by atoms with Crippen molar-refractivity contribution in [1.82, 2.24) is 9.88 Å². The van der Waals surface area contributed by atoms with Crippen LogP contribution in [-0.2, 0) is 6.42 Å². The molecule has 6 heteroatoms. The predicted octanol–water partition coefficient (Wildman–Crippen LogP) is 2.00. The number of benzene rings is 1. The minimum Gasteiger partial charge on any atom is -0.388 e. The molecule has 3 atom stereocenters. The zero-order valence-corrected chi connectivity index (χ0v) is 17.5. The lowest BCUT2D eigenvalue weighted by atomic mass is 9.75. The van der Waals surface area contributed by atoms with Gasteiger partial charge in [0.1, 0.15) is 23.7 Å². The number of rotatable bonds is 3. The Morgan fingerprint density at radius 1 is 1.10 bits per heavy atom. The molecule has 162 valence electrons. The summed E-state index contributed by atoms with van der Waals surface area (Å²) in [5.74, 6) is 7.29. The second-order valence-corrected chi connectivity index (χ2v) is 9.04. The molecule has 5 nitrogen and oxygen atoms in total. The Kier molecular flexibility index (Phi) is 5.43. The number of pyridine rings is 1. The Labute approximate surface area is 182 Å². The van der Waals surface area contributed by atoms with Crippen LogP contribution in [0, 0.1) is 17.8 Å². The SMILES string of the molecule is O[C@@H]1CN(c2ccc(C#C[C@@]3(O)CN4CCC3CC4)c(Cc3ccccc3)n2)C[C@@H]1F. The largest absolute Gasteiger partial charge is 0.388 e. The molecule has 2 aromatic rings. The third-order valence-electron chi connectivity index (χ3n) is 6.86. The van der Waals surface area contributed by atoms with Crippen molar-refractivity contribution in [2.75, 3.05) is 37.6 Å². The predicted molar refractivity (Wildman–Crippen MR) is 118 cm³/mol.